The van der Waals surface area contributed by atoms with E-state index in [0.717, 1.165) is 37.0 Å². The van der Waals surface area contributed by atoms with Gasteiger partial charge in [0, 0.05) is 4.88 Å². The van der Waals surface area contributed by atoms with Crippen LogP contribution < -0.4 is 4.89 Å². The topological polar surface area (TPSA) is 92.7 Å². The molecular formula is C11H15NO5S2. The third kappa shape index (κ3) is 4.00. The molecule has 0 spiro atoms. The first kappa shape index (κ1) is 14.4. The van der Waals surface area contributed by atoms with Gasteiger partial charge in [-0.05, 0) is 25.0 Å². The quantitative estimate of drug-likeness (QED) is 0.777. The van der Waals surface area contributed by atoms with Crippen molar-refractivity contribution >= 4 is 27.3 Å². The van der Waals surface area contributed by atoms with E-state index in [1.807, 2.05) is 0 Å². The fourth-order valence-electron chi connectivity index (χ4n) is 1.93. The molecular weight excluding hydrogens is 290 g/mol. The van der Waals surface area contributed by atoms with Crippen molar-refractivity contribution in [2.45, 2.75) is 42.4 Å². The van der Waals surface area contributed by atoms with Crippen LogP contribution in [0.1, 0.15) is 30.6 Å². The van der Waals surface area contributed by atoms with Crippen molar-refractivity contribution in [3.63, 3.8) is 0 Å². The number of rotatable bonds is 6. The van der Waals surface area contributed by atoms with Crippen molar-refractivity contribution in [1.82, 2.24) is 4.89 Å². The van der Waals surface area contributed by atoms with E-state index in [2.05, 4.69) is 4.89 Å². The van der Waals surface area contributed by atoms with Crippen LogP contribution in [-0.4, -0.2) is 25.6 Å². The van der Waals surface area contributed by atoms with Crippen LogP contribution in [0.15, 0.2) is 16.3 Å². The van der Waals surface area contributed by atoms with Gasteiger partial charge in [0.2, 0.25) is 0 Å². The maximum absolute atomic E-state index is 11.9. The van der Waals surface area contributed by atoms with Gasteiger partial charge in [-0.1, -0.05) is 17.7 Å². The van der Waals surface area contributed by atoms with Gasteiger partial charge in [-0.3, -0.25) is 9.63 Å². The largest absolute Gasteiger partial charge is 0.481 e. The Balaban J connectivity index is 1.98. The summed E-state index contributed by atoms with van der Waals surface area (Å²) in [6.45, 7) is 0. The fourth-order valence-corrected chi connectivity index (χ4v) is 4.11. The van der Waals surface area contributed by atoms with Gasteiger partial charge in [-0.15, -0.1) is 11.3 Å². The zero-order valence-corrected chi connectivity index (χ0v) is 11.8. The van der Waals surface area contributed by atoms with Crippen molar-refractivity contribution in [2.24, 2.45) is 0 Å². The number of carboxylic acid groups (broad SMARTS) is 1. The van der Waals surface area contributed by atoms with Gasteiger partial charge in [-0.25, -0.2) is 8.42 Å². The molecule has 1 aliphatic rings. The average Bonchev–Trinajstić information content (AvgIpc) is 2.96. The standard InChI is InChI=1S/C11H15NO5S2/c13-10(14)7-9-5-6-11(18-9)19(15,16)12-17-8-3-1-2-4-8/h5-6,8,12H,1-4,7H2,(H,13,14). The molecule has 1 aromatic rings. The molecule has 0 atom stereocenters. The lowest BCUT2D eigenvalue weighted by Gasteiger charge is -2.10. The highest BCUT2D eigenvalue weighted by atomic mass is 32.2. The normalized spacial score (nSPS) is 16.8. The van der Waals surface area contributed by atoms with Crippen LogP contribution in [0.4, 0.5) is 0 Å². The molecule has 0 radical (unpaired) electrons. The Bertz CT molecular complexity index is 545. The van der Waals surface area contributed by atoms with E-state index in [1.165, 1.54) is 12.1 Å². The maximum Gasteiger partial charge on any atom is 0.308 e. The highest BCUT2D eigenvalue weighted by molar-refractivity contribution is 7.91. The molecule has 0 unspecified atom stereocenters. The Morgan fingerprint density at radius 2 is 2.11 bits per heavy atom. The van der Waals surface area contributed by atoms with Crippen LogP contribution in [0.5, 0.6) is 0 Å². The van der Waals surface area contributed by atoms with Gasteiger partial charge < -0.3 is 5.11 Å². The van der Waals surface area contributed by atoms with Crippen molar-refractivity contribution in [3.05, 3.63) is 17.0 Å². The predicted molar refractivity (Wildman–Crippen MR) is 69.3 cm³/mol. The lowest BCUT2D eigenvalue weighted by Crippen LogP contribution is -2.27. The van der Waals surface area contributed by atoms with Crippen LogP contribution in [-0.2, 0) is 26.1 Å². The average molecular weight is 305 g/mol. The van der Waals surface area contributed by atoms with Crippen molar-refractivity contribution in [2.75, 3.05) is 0 Å². The van der Waals surface area contributed by atoms with Crippen molar-refractivity contribution in [3.8, 4) is 0 Å². The molecule has 0 bridgehead atoms. The number of hydrogen-bond acceptors (Lipinski definition) is 5. The van der Waals surface area contributed by atoms with Gasteiger partial charge in [0.1, 0.15) is 4.21 Å². The Kier molecular flexibility index (Phi) is 4.56. The van der Waals surface area contributed by atoms with Crippen LogP contribution in [0.25, 0.3) is 0 Å². The summed E-state index contributed by atoms with van der Waals surface area (Å²) in [5.41, 5.74) is 0. The zero-order valence-electron chi connectivity index (χ0n) is 10.2. The van der Waals surface area contributed by atoms with E-state index in [4.69, 9.17) is 9.94 Å². The Hall–Kier alpha value is -0.960. The van der Waals surface area contributed by atoms with Crippen LogP contribution in [0, 0.1) is 0 Å². The highest BCUT2D eigenvalue weighted by Gasteiger charge is 2.22. The number of nitrogens with one attached hydrogen (secondary N) is 1. The van der Waals surface area contributed by atoms with Crippen LogP contribution >= 0.6 is 11.3 Å². The SMILES string of the molecule is O=C(O)Cc1ccc(S(=O)(=O)NOC2CCCC2)s1. The molecule has 6 nitrogen and oxygen atoms in total. The molecule has 2 N–H and O–H groups in total. The minimum atomic E-state index is -3.71. The number of carbonyl (C=O) groups is 1. The van der Waals surface area contributed by atoms with Crippen LogP contribution in [0.3, 0.4) is 0 Å². The molecule has 1 aliphatic carbocycles. The van der Waals surface area contributed by atoms with Gasteiger partial charge in [-0.2, -0.15) is 0 Å². The summed E-state index contributed by atoms with van der Waals surface area (Å²) in [4.78, 5) is 18.3. The Labute approximate surface area is 115 Å². The van der Waals surface area contributed by atoms with Crippen LogP contribution in [0.2, 0.25) is 0 Å². The second-order valence-corrected chi connectivity index (χ2v) is 7.44. The van der Waals surface area contributed by atoms with E-state index >= 15 is 0 Å². The first-order valence-corrected chi connectivity index (χ1v) is 8.25. The Morgan fingerprint density at radius 1 is 1.42 bits per heavy atom. The van der Waals surface area contributed by atoms with E-state index in [-0.39, 0.29) is 16.7 Å². The minimum Gasteiger partial charge on any atom is -0.481 e. The second kappa shape index (κ2) is 6.00. The van der Waals surface area contributed by atoms with Gasteiger partial charge >= 0.3 is 5.97 Å². The van der Waals surface area contributed by atoms with E-state index < -0.39 is 16.0 Å². The Morgan fingerprint density at radius 3 is 2.74 bits per heavy atom. The summed E-state index contributed by atoms with van der Waals surface area (Å²) in [5.74, 6) is -0.985. The van der Waals surface area contributed by atoms with E-state index in [9.17, 15) is 13.2 Å². The summed E-state index contributed by atoms with van der Waals surface area (Å²) in [5, 5.41) is 8.64. The fraction of sp³-hybridized carbons (Fsp3) is 0.545. The molecule has 1 aromatic heterocycles. The number of hydrogen-bond donors (Lipinski definition) is 2. The van der Waals surface area contributed by atoms with Gasteiger partial charge in [0.05, 0.1) is 12.5 Å². The third-order valence-corrected chi connectivity index (χ3v) is 5.62. The molecule has 1 heterocycles. The molecule has 1 fully saturated rings. The molecule has 0 amide bonds. The lowest BCUT2D eigenvalue weighted by atomic mass is 10.3. The van der Waals surface area contributed by atoms with E-state index in [1.54, 1.807) is 0 Å². The molecule has 8 heteroatoms. The number of aliphatic carboxylic acids is 1. The molecule has 19 heavy (non-hydrogen) atoms. The summed E-state index contributed by atoms with van der Waals surface area (Å²) in [6.07, 6.45) is 3.58. The molecule has 2 rings (SSSR count). The van der Waals surface area contributed by atoms with Gasteiger partial charge in [0.15, 0.2) is 0 Å². The number of thiophene rings is 1. The van der Waals surface area contributed by atoms with Crippen molar-refractivity contribution < 1.29 is 23.2 Å². The summed E-state index contributed by atoms with van der Waals surface area (Å²) < 4.78 is 23.9. The van der Waals surface area contributed by atoms with Crippen molar-refractivity contribution in [1.29, 1.82) is 0 Å². The summed E-state index contributed by atoms with van der Waals surface area (Å²) in [6, 6.07) is 2.90. The number of sulfonamides is 1. The number of carboxylic acids is 1. The highest BCUT2D eigenvalue weighted by Crippen LogP contribution is 2.24. The molecule has 0 aromatic carbocycles. The summed E-state index contributed by atoms with van der Waals surface area (Å²) in [7, 11) is -3.71. The summed E-state index contributed by atoms with van der Waals surface area (Å²) >= 11 is 0.939. The third-order valence-electron chi connectivity index (χ3n) is 2.85. The minimum absolute atomic E-state index is 0.0618. The maximum atomic E-state index is 11.9. The smallest absolute Gasteiger partial charge is 0.308 e. The first-order chi connectivity index (χ1) is 8.97. The first-order valence-electron chi connectivity index (χ1n) is 5.95. The second-order valence-electron chi connectivity index (χ2n) is 4.40. The molecule has 1 saturated carbocycles. The van der Waals surface area contributed by atoms with E-state index in [0.29, 0.717) is 4.88 Å². The molecule has 106 valence electrons. The molecule has 0 aliphatic heterocycles. The monoisotopic (exact) mass is 305 g/mol. The van der Waals surface area contributed by atoms with Gasteiger partial charge in [0.25, 0.3) is 10.0 Å². The molecule has 0 saturated heterocycles. The lowest BCUT2D eigenvalue weighted by molar-refractivity contribution is -0.136. The zero-order chi connectivity index (χ0) is 13.9. The predicted octanol–water partition coefficient (Wildman–Crippen LogP) is 1.53.